The summed E-state index contributed by atoms with van der Waals surface area (Å²) in [6.45, 7) is 8.23. The molecule has 0 aliphatic carbocycles. The number of benzene rings is 1. The topological polar surface area (TPSA) is 111 Å². The third-order valence-corrected chi connectivity index (χ3v) is 4.49. The highest BCUT2D eigenvalue weighted by Crippen LogP contribution is 2.30. The van der Waals surface area contributed by atoms with E-state index in [1.165, 1.54) is 14.2 Å². The van der Waals surface area contributed by atoms with Crippen LogP contribution >= 0.6 is 0 Å². The second kappa shape index (κ2) is 7.96. The van der Waals surface area contributed by atoms with Crippen molar-refractivity contribution in [1.29, 1.82) is 0 Å². The van der Waals surface area contributed by atoms with Gasteiger partial charge < -0.3 is 25.1 Å². The quantitative estimate of drug-likeness (QED) is 0.793. The number of nitrogens with two attached hydrogens (primary N) is 1. The first-order valence-electron chi connectivity index (χ1n) is 8.81. The third kappa shape index (κ3) is 4.39. The fraction of sp³-hybridized carbons (Fsp3) is 0.526. The third-order valence-electron chi connectivity index (χ3n) is 4.49. The molecule has 1 aromatic carbocycles. The van der Waals surface area contributed by atoms with Crippen LogP contribution in [0.15, 0.2) is 16.9 Å². The number of aromatic amines is 1. The first-order chi connectivity index (χ1) is 12.6. The second-order valence-corrected chi connectivity index (χ2v) is 7.43. The molecule has 27 heavy (non-hydrogen) atoms. The van der Waals surface area contributed by atoms with Gasteiger partial charge in [0, 0.05) is 12.6 Å². The molecular formula is C19H28N4O4. The molecule has 2 aromatic rings. The summed E-state index contributed by atoms with van der Waals surface area (Å²) < 4.78 is 10.5. The van der Waals surface area contributed by atoms with Gasteiger partial charge >= 0.3 is 0 Å². The van der Waals surface area contributed by atoms with Crippen molar-refractivity contribution in [3.63, 3.8) is 0 Å². The number of methoxy groups -OCH3 is 2. The number of carbonyl (C=O) groups is 1. The summed E-state index contributed by atoms with van der Waals surface area (Å²) in [6.07, 6.45) is 0. The van der Waals surface area contributed by atoms with E-state index in [1.807, 2.05) is 27.7 Å². The van der Waals surface area contributed by atoms with Crippen molar-refractivity contribution in [2.45, 2.75) is 40.3 Å². The van der Waals surface area contributed by atoms with E-state index in [4.69, 9.17) is 15.2 Å². The van der Waals surface area contributed by atoms with Crippen LogP contribution < -0.4 is 20.8 Å². The van der Waals surface area contributed by atoms with Crippen LogP contribution in [-0.2, 0) is 11.3 Å². The first kappa shape index (κ1) is 20.7. The van der Waals surface area contributed by atoms with Crippen LogP contribution in [0.1, 0.15) is 33.5 Å². The Kier molecular flexibility index (Phi) is 6.10. The highest BCUT2D eigenvalue weighted by molar-refractivity contribution is 5.83. The van der Waals surface area contributed by atoms with E-state index < -0.39 is 6.04 Å². The average Bonchev–Trinajstić information content (AvgIpc) is 2.63. The lowest BCUT2D eigenvalue weighted by molar-refractivity contribution is -0.135. The molecule has 8 nitrogen and oxygen atoms in total. The number of hydrogen-bond donors (Lipinski definition) is 2. The number of hydrogen-bond acceptors (Lipinski definition) is 6. The summed E-state index contributed by atoms with van der Waals surface area (Å²) in [7, 11) is 3.02. The SMILES string of the molecule is CCN(Cc1nc2cc(OC)c(OC)cc2c(=O)[nH]1)C(=O)[C@@H](N)C(C)(C)C. The largest absolute Gasteiger partial charge is 0.493 e. The highest BCUT2D eigenvalue weighted by Gasteiger charge is 2.30. The average molecular weight is 376 g/mol. The molecule has 2 rings (SSSR count). The van der Waals surface area contributed by atoms with E-state index in [-0.39, 0.29) is 23.4 Å². The maximum Gasteiger partial charge on any atom is 0.258 e. The lowest BCUT2D eigenvalue weighted by atomic mass is 9.86. The maximum atomic E-state index is 12.7. The van der Waals surface area contributed by atoms with Gasteiger partial charge in [0.25, 0.3) is 5.56 Å². The summed E-state index contributed by atoms with van der Waals surface area (Å²) in [5, 5.41) is 0.386. The fourth-order valence-electron chi connectivity index (χ4n) is 2.68. The molecule has 0 bridgehead atoms. The number of carbonyl (C=O) groups excluding carboxylic acids is 1. The Hall–Kier alpha value is -2.61. The van der Waals surface area contributed by atoms with Crippen molar-refractivity contribution < 1.29 is 14.3 Å². The van der Waals surface area contributed by atoms with Crippen molar-refractivity contribution in [2.75, 3.05) is 20.8 Å². The number of aromatic nitrogens is 2. The van der Waals surface area contributed by atoms with Gasteiger partial charge in [0.15, 0.2) is 11.5 Å². The first-order valence-corrected chi connectivity index (χ1v) is 8.81. The van der Waals surface area contributed by atoms with Gasteiger partial charge in [-0.15, -0.1) is 0 Å². The number of ether oxygens (including phenoxy) is 2. The molecule has 0 fully saturated rings. The van der Waals surface area contributed by atoms with Gasteiger partial charge in [0.1, 0.15) is 5.82 Å². The lowest BCUT2D eigenvalue weighted by Gasteiger charge is -2.31. The molecule has 148 valence electrons. The molecule has 1 amide bonds. The summed E-state index contributed by atoms with van der Waals surface area (Å²) in [4.78, 5) is 34.0. The van der Waals surface area contributed by atoms with E-state index in [9.17, 15) is 9.59 Å². The van der Waals surface area contributed by atoms with Crippen LogP contribution in [0.25, 0.3) is 10.9 Å². The Morgan fingerprint density at radius 2 is 1.85 bits per heavy atom. The van der Waals surface area contributed by atoms with Gasteiger partial charge in [-0.2, -0.15) is 0 Å². The zero-order valence-electron chi connectivity index (χ0n) is 16.8. The number of likely N-dealkylation sites (N-methyl/N-ethyl adjacent to an activating group) is 1. The molecule has 1 aromatic heterocycles. The fourth-order valence-corrected chi connectivity index (χ4v) is 2.68. The molecule has 0 radical (unpaired) electrons. The standard InChI is InChI=1S/C19H28N4O4/c1-7-23(18(25)16(20)19(2,3)4)10-15-21-12-9-14(27-6)13(26-5)8-11(12)17(24)22-15/h8-9,16H,7,10,20H2,1-6H3,(H,21,22,24)/t16-/m1/s1. The smallest absolute Gasteiger partial charge is 0.258 e. The minimum absolute atomic E-state index is 0.165. The molecule has 0 saturated carbocycles. The van der Waals surface area contributed by atoms with E-state index in [2.05, 4.69) is 9.97 Å². The molecule has 3 N–H and O–H groups in total. The normalized spacial score (nSPS) is 12.7. The monoisotopic (exact) mass is 376 g/mol. The highest BCUT2D eigenvalue weighted by atomic mass is 16.5. The number of nitrogens with zero attached hydrogens (tertiary/aromatic N) is 2. The molecule has 0 aliphatic heterocycles. The number of H-pyrrole nitrogens is 1. The summed E-state index contributed by atoms with van der Waals surface area (Å²) in [5.41, 5.74) is 5.90. The van der Waals surface area contributed by atoms with Gasteiger partial charge in [0.2, 0.25) is 5.91 Å². The number of rotatable bonds is 6. The Balaban J connectivity index is 2.40. The zero-order chi connectivity index (χ0) is 20.4. The molecule has 0 unspecified atom stereocenters. The van der Waals surface area contributed by atoms with Crippen LogP contribution in [0.5, 0.6) is 11.5 Å². The molecule has 0 saturated heterocycles. The van der Waals surface area contributed by atoms with E-state index in [1.54, 1.807) is 17.0 Å². The van der Waals surface area contributed by atoms with Crippen LogP contribution in [0.2, 0.25) is 0 Å². The van der Waals surface area contributed by atoms with Gasteiger partial charge in [-0.1, -0.05) is 20.8 Å². The predicted octanol–water partition coefficient (Wildman–Crippen LogP) is 1.66. The molecule has 1 heterocycles. The van der Waals surface area contributed by atoms with Gasteiger partial charge in [-0.25, -0.2) is 4.98 Å². The van der Waals surface area contributed by atoms with Crippen molar-refractivity contribution in [3.8, 4) is 11.5 Å². The zero-order valence-corrected chi connectivity index (χ0v) is 16.8. The predicted molar refractivity (Wildman–Crippen MR) is 104 cm³/mol. The van der Waals surface area contributed by atoms with Crippen LogP contribution in [0.4, 0.5) is 0 Å². The lowest BCUT2D eigenvalue weighted by Crippen LogP contribution is -2.50. The molecular weight excluding hydrogens is 348 g/mol. The van der Waals surface area contributed by atoms with Crippen LogP contribution in [0, 0.1) is 5.41 Å². The summed E-state index contributed by atoms with van der Waals surface area (Å²) >= 11 is 0. The summed E-state index contributed by atoms with van der Waals surface area (Å²) in [6, 6.07) is 2.59. The Morgan fingerprint density at radius 3 is 2.37 bits per heavy atom. The second-order valence-electron chi connectivity index (χ2n) is 7.43. The Labute approximate surface area is 158 Å². The van der Waals surface area contributed by atoms with Crippen molar-refractivity contribution in [1.82, 2.24) is 14.9 Å². The molecule has 0 aliphatic rings. The van der Waals surface area contributed by atoms with E-state index in [0.29, 0.717) is 34.8 Å². The minimum atomic E-state index is -0.644. The van der Waals surface area contributed by atoms with Gasteiger partial charge in [0.05, 0.1) is 37.7 Å². The number of nitrogens with one attached hydrogen (secondary N) is 1. The van der Waals surface area contributed by atoms with Gasteiger partial charge in [-0.05, 0) is 18.4 Å². The van der Waals surface area contributed by atoms with Crippen LogP contribution in [0.3, 0.4) is 0 Å². The van der Waals surface area contributed by atoms with Crippen LogP contribution in [-0.4, -0.2) is 47.6 Å². The summed E-state index contributed by atoms with van der Waals surface area (Å²) in [5.74, 6) is 1.13. The van der Waals surface area contributed by atoms with E-state index >= 15 is 0 Å². The van der Waals surface area contributed by atoms with Crippen molar-refractivity contribution in [3.05, 3.63) is 28.3 Å². The van der Waals surface area contributed by atoms with Gasteiger partial charge in [-0.3, -0.25) is 9.59 Å². The van der Waals surface area contributed by atoms with Crippen molar-refractivity contribution in [2.24, 2.45) is 11.1 Å². The number of fused-ring (bicyclic) bond motifs is 1. The molecule has 1 atom stereocenters. The molecule has 8 heteroatoms. The molecule has 0 spiro atoms. The maximum absolute atomic E-state index is 12.7. The Morgan fingerprint density at radius 1 is 1.26 bits per heavy atom. The minimum Gasteiger partial charge on any atom is -0.493 e. The number of amides is 1. The van der Waals surface area contributed by atoms with E-state index in [0.717, 1.165) is 0 Å². The Bertz CT molecular complexity index is 886. The van der Waals surface area contributed by atoms with Crippen molar-refractivity contribution >= 4 is 16.8 Å².